The summed E-state index contributed by atoms with van der Waals surface area (Å²) in [6, 6.07) is 11.0. The summed E-state index contributed by atoms with van der Waals surface area (Å²) in [7, 11) is 0. The highest BCUT2D eigenvalue weighted by atomic mass is 16.5. The van der Waals surface area contributed by atoms with E-state index in [1.165, 1.54) is 12.4 Å². The number of esters is 1. The number of carbonyl (C=O) groups excluding carboxylic acids is 2. The van der Waals surface area contributed by atoms with Crippen LogP contribution in [0.25, 0.3) is 0 Å². The number of anilines is 1. The first-order valence-electron chi connectivity index (χ1n) is 7.60. The van der Waals surface area contributed by atoms with E-state index in [2.05, 4.69) is 4.98 Å². The molecule has 2 aromatic rings. The highest BCUT2D eigenvalue weighted by molar-refractivity contribution is 6.00. The van der Waals surface area contributed by atoms with Gasteiger partial charge in [-0.05, 0) is 44.0 Å². The van der Waals surface area contributed by atoms with Gasteiger partial charge >= 0.3 is 5.97 Å². The van der Waals surface area contributed by atoms with E-state index in [0.29, 0.717) is 5.56 Å². The van der Waals surface area contributed by atoms with Crippen molar-refractivity contribution in [2.45, 2.75) is 32.4 Å². The lowest BCUT2D eigenvalue weighted by atomic mass is 10.1. The zero-order valence-electron chi connectivity index (χ0n) is 13.1. The maximum Gasteiger partial charge on any atom is 0.339 e. The van der Waals surface area contributed by atoms with Crippen LogP contribution in [0.4, 0.5) is 5.69 Å². The molecule has 1 amide bonds. The van der Waals surface area contributed by atoms with Gasteiger partial charge in [0.25, 0.3) is 5.91 Å². The molecule has 0 N–H and O–H groups in total. The number of carbonyl (C=O) groups is 2. The Hall–Kier alpha value is -2.69. The SMILES string of the molecule is C[C@H](OC(=O)c1ccncc1)C(=O)N1c2ccccc2C[C@@H]1C. The number of para-hydroxylation sites is 1. The highest BCUT2D eigenvalue weighted by Crippen LogP contribution is 2.32. The van der Waals surface area contributed by atoms with Crippen molar-refractivity contribution in [1.82, 2.24) is 4.98 Å². The van der Waals surface area contributed by atoms with E-state index >= 15 is 0 Å². The molecule has 0 radical (unpaired) electrons. The van der Waals surface area contributed by atoms with Gasteiger partial charge in [-0.3, -0.25) is 9.78 Å². The molecule has 1 aromatic carbocycles. The van der Waals surface area contributed by atoms with Crippen LogP contribution in [-0.4, -0.2) is 29.0 Å². The van der Waals surface area contributed by atoms with E-state index in [-0.39, 0.29) is 11.9 Å². The first-order chi connectivity index (χ1) is 11.1. The fraction of sp³-hybridized carbons (Fsp3) is 0.278. The van der Waals surface area contributed by atoms with Gasteiger partial charge in [0.2, 0.25) is 0 Å². The van der Waals surface area contributed by atoms with Crippen LogP contribution in [0.15, 0.2) is 48.8 Å². The van der Waals surface area contributed by atoms with Crippen molar-refractivity contribution >= 4 is 17.6 Å². The van der Waals surface area contributed by atoms with Gasteiger partial charge in [-0.15, -0.1) is 0 Å². The third-order valence-corrected chi connectivity index (χ3v) is 3.99. The molecule has 0 saturated heterocycles. The summed E-state index contributed by atoms with van der Waals surface area (Å²) in [5, 5.41) is 0. The van der Waals surface area contributed by atoms with Crippen molar-refractivity contribution < 1.29 is 14.3 Å². The molecule has 2 heterocycles. The topological polar surface area (TPSA) is 59.5 Å². The maximum absolute atomic E-state index is 12.7. The molecule has 0 spiro atoms. The molecule has 1 aliphatic heterocycles. The van der Waals surface area contributed by atoms with Crippen molar-refractivity contribution in [3.63, 3.8) is 0 Å². The summed E-state index contributed by atoms with van der Waals surface area (Å²) >= 11 is 0. The molecule has 0 fully saturated rings. The van der Waals surface area contributed by atoms with Crippen LogP contribution in [0.3, 0.4) is 0 Å². The predicted molar refractivity (Wildman–Crippen MR) is 86.2 cm³/mol. The molecular formula is C18H18N2O3. The Balaban J connectivity index is 1.74. The normalized spacial score (nSPS) is 17.5. The monoisotopic (exact) mass is 310 g/mol. The number of benzene rings is 1. The van der Waals surface area contributed by atoms with Crippen molar-refractivity contribution in [2.75, 3.05) is 4.90 Å². The number of ether oxygens (including phenoxy) is 1. The average Bonchev–Trinajstić information content (AvgIpc) is 2.90. The van der Waals surface area contributed by atoms with Gasteiger partial charge in [-0.1, -0.05) is 18.2 Å². The summed E-state index contributed by atoms with van der Waals surface area (Å²) in [5.41, 5.74) is 2.42. The van der Waals surface area contributed by atoms with Crippen LogP contribution >= 0.6 is 0 Å². The Morgan fingerprint density at radius 3 is 2.65 bits per heavy atom. The Kier molecular flexibility index (Phi) is 4.10. The lowest BCUT2D eigenvalue weighted by Crippen LogP contribution is -2.43. The minimum atomic E-state index is -0.843. The summed E-state index contributed by atoms with van der Waals surface area (Å²) in [6.45, 7) is 3.60. The largest absolute Gasteiger partial charge is 0.449 e. The van der Waals surface area contributed by atoms with Crippen LogP contribution in [0.2, 0.25) is 0 Å². The molecule has 118 valence electrons. The first kappa shape index (κ1) is 15.2. The summed E-state index contributed by atoms with van der Waals surface area (Å²) in [4.78, 5) is 30.4. The molecule has 5 nitrogen and oxygen atoms in total. The van der Waals surface area contributed by atoms with Crippen molar-refractivity contribution in [3.05, 3.63) is 59.9 Å². The van der Waals surface area contributed by atoms with Gasteiger partial charge in [-0.25, -0.2) is 4.79 Å². The lowest BCUT2D eigenvalue weighted by molar-refractivity contribution is -0.126. The maximum atomic E-state index is 12.7. The minimum Gasteiger partial charge on any atom is -0.449 e. The first-order valence-corrected chi connectivity index (χ1v) is 7.60. The molecule has 23 heavy (non-hydrogen) atoms. The van der Waals surface area contributed by atoms with Crippen molar-refractivity contribution in [2.24, 2.45) is 0 Å². The second kappa shape index (κ2) is 6.20. The minimum absolute atomic E-state index is 0.0574. The van der Waals surface area contributed by atoms with Crippen LogP contribution in [-0.2, 0) is 16.0 Å². The van der Waals surface area contributed by atoms with E-state index in [1.54, 1.807) is 24.0 Å². The standard InChI is InChI=1S/C18H18N2O3/c1-12-11-15-5-3-4-6-16(15)20(12)17(21)13(2)23-18(22)14-7-9-19-10-8-14/h3-10,12-13H,11H2,1-2H3/t12-,13-/m0/s1. The number of fused-ring (bicyclic) bond motifs is 1. The Morgan fingerprint density at radius 2 is 1.91 bits per heavy atom. The molecule has 5 heteroatoms. The molecule has 0 saturated carbocycles. The predicted octanol–water partition coefficient (Wildman–Crippen LogP) is 2.60. The summed E-state index contributed by atoms with van der Waals surface area (Å²) < 4.78 is 5.32. The lowest BCUT2D eigenvalue weighted by Gasteiger charge is -2.25. The number of aromatic nitrogens is 1. The Bertz CT molecular complexity index is 730. The number of rotatable bonds is 3. The molecule has 1 aromatic heterocycles. The second-order valence-electron chi connectivity index (χ2n) is 5.67. The fourth-order valence-corrected chi connectivity index (χ4v) is 2.86. The third-order valence-electron chi connectivity index (χ3n) is 3.99. The van der Waals surface area contributed by atoms with Gasteiger partial charge in [0.15, 0.2) is 6.10 Å². The van der Waals surface area contributed by atoms with Crippen molar-refractivity contribution in [3.8, 4) is 0 Å². The van der Waals surface area contributed by atoms with Crippen molar-refractivity contribution in [1.29, 1.82) is 0 Å². The van der Waals surface area contributed by atoms with E-state index in [9.17, 15) is 9.59 Å². The average molecular weight is 310 g/mol. The number of hydrogen-bond acceptors (Lipinski definition) is 4. The molecule has 0 bridgehead atoms. The quantitative estimate of drug-likeness (QED) is 0.818. The van der Waals surface area contributed by atoms with E-state index in [0.717, 1.165) is 17.7 Å². The van der Waals surface area contributed by atoms with Gasteiger partial charge in [0.1, 0.15) is 0 Å². The molecule has 0 aliphatic carbocycles. The number of pyridine rings is 1. The number of hydrogen-bond donors (Lipinski definition) is 0. The van der Waals surface area contributed by atoms with E-state index < -0.39 is 12.1 Å². The van der Waals surface area contributed by atoms with Crippen LogP contribution in [0.5, 0.6) is 0 Å². The number of nitrogens with zero attached hydrogens (tertiary/aromatic N) is 2. The Morgan fingerprint density at radius 1 is 1.22 bits per heavy atom. The van der Waals surface area contributed by atoms with E-state index in [1.807, 2.05) is 31.2 Å². The summed E-state index contributed by atoms with van der Waals surface area (Å²) in [5.74, 6) is -0.724. The Labute approximate surface area is 134 Å². The molecule has 1 aliphatic rings. The molecule has 0 unspecified atom stereocenters. The fourth-order valence-electron chi connectivity index (χ4n) is 2.86. The molecular weight excluding hydrogens is 292 g/mol. The third kappa shape index (κ3) is 2.95. The van der Waals surface area contributed by atoms with Crippen LogP contribution < -0.4 is 4.90 Å². The van der Waals surface area contributed by atoms with Gasteiger partial charge in [-0.2, -0.15) is 0 Å². The number of amides is 1. The zero-order chi connectivity index (χ0) is 16.4. The highest BCUT2D eigenvalue weighted by Gasteiger charge is 2.34. The smallest absolute Gasteiger partial charge is 0.339 e. The van der Waals surface area contributed by atoms with Gasteiger partial charge < -0.3 is 9.64 Å². The summed E-state index contributed by atoms with van der Waals surface area (Å²) in [6.07, 6.45) is 3.00. The molecule has 2 atom stereocenters. The van der Waals surface area contributed by atoms with E-state index in [4.69, 9.17) is 4.74 Å². The van der Waals surface area contributed by atoms with Gasteiger partial charge in [0.05, 0.1) is 5.56 Å². The second-order valence-corrected chi connectivity index (χ2v) is 5.67. The van der Waals surface area contributed by atoms with Crippen LogP contribution in [0.1, 0.15) is 29.8 Å². The zero-order valence-corrected chi connectivity index (χ0v) is 13.1. The van der Waals surface area contributed by atoms with Gasteiger partial charge in [0, 0.05) is 24.1 Å². The van der Waals surface area contributed by atoms with Crippen LogP contribution in [0, 0.1) is 0 Å². The molecule has 3 rings (SSSR count).